The Balaban J connectivity index is 1.45. The molecule has 2 atom stereocenters. The maximum Gasteiger partial charge on any atom is 0.109 e. The van der Waals surface area contributed by atoms with Crippen molar-refractivity contribution in [3.8, 4) is 0 Å². The molecule has 1 saturated heterocycles. The van der Waals surface area contributed by atoms with E-state index in [1.807, 2.05) is 0 Å². The Kier molecular flexibility index (Phi) is 6.38. The van der Waals surface area contributed by atoms with Gasteiger partial charge >= 0.3 is 0 Å². The van der Waals surface area contributed by atoms with E-state index in [9.17, 15) is 0 Å². The van der Waals surface area contributed by atoms with Gasteiger partial charge in [0.25, 0.3) is 0 Å². The summed E-state index contributed by atoms with van der Waals surface area (Å²) in [6.45, 7) is 0.347. The molecule has 0 aromatic heterocycles. The minimum Gasteiger partial charge on any atom is -0.396 e. The van der Waals surface area contributed by atoms with Crippen LogP contribution in [0.5, 0.6) is 0 Å². The first-order valence-electron chi connectivity index (χ1n) is 7.73. The first kappa shape index (κ1) is 14.5. The predicted molar refractivity (Wildman–Crippen MR) is 78.1 cm³/mol. The Morgan fingerprint density at radius 2 is 1.47 bits per heavy atom. The van der Waals surface area contributed by atoms with Crippen molar-refractivity contribution in [1.82, 2.24) is 0 Å². The van der Waals surface area contributed by atoms with Gasteiger partial charge in [-0.1, -0.05) is 68.9 Å². The van der Waals surface area contributed by atoms with E-state index in [1.165, 1.54) is 50.5 Å². The number of rotatable bonds is 10. The number of hydrogen-bond acceptors (Lipinski definition) is 2. The van der Waals surface area contributed by atoms with E-state index in [2.05, 4.69) is 30.3 Å². The summed E-state index contributed by atoms with van der Waals surface area (Å²) in [5, 5.41) is 8.68. The van der Waals surface area contributed by atoms with Crippen molar-refractivity contribution in [2.75, 3.05) is 6.61 Å². The highest BCUT2D eigenvalue weighted by atomic mass is 16.6. The highest BCUT2D eigenvalue weighted by Crippen LogP contribution is 2.41. The molecule has 0 amide bonds. The van der Waals surface area contributed by atoms with Gasteiger partial charge in [0.15, 0.2) is 0 Å². The van der Waals surface area contributed by atoms with Crippen LogP contribution in [0.4, 0.5) is 0 Å². The molecule has 2 nitrogen and oxygen atoms in total. The number of unbranched alkanes of at least 4 members (excludes halogenated alkanes) is 6. The van der Waals surface area contributed by atoms with Gasteiger partial charge in [0.1, 0.15) is 6.10 Å². The summed E-state index contributed by atoms with van der Waals surface area (Å²) in [7, 11) is 0. The molecule has 0 aliphatic carbocycles. The van der Waals surface area contributed by atoms with Crippen molar-refractivity contribution in [1.29, 1.82) is 0 Å². The summed E-state index contributed by atoms with van der Waals surface area (Å²) in [5.41, 5.74) is 1.33. The van der Waals surface area contributed by atoms with Gasteiger partial charge in [0.2, 0.25) is 0 Å². The van der Waals surface area contributed by atoms with Gasteiger partial charge < -0.3 is 9.84 Å². The fourth-order valence-electron chi connectivity index (χ4n) is 2.64. The van der Waals surface area contributed by atoms with Gasteiger partial charge in [0.05, 0.1) is 6.10 Å². The van der Waals surface area contributed by atoms with Crippen LogP contribution >= 0.6 is 0 Å². The zero-order chi connectivity index (χ0) is 13.3. The normalized spacial score (nSPS) is 21.5. The first-order chi connectivity index (χ1) is 9.42. The van der Waals surface area contributed by atoms with E-state index in [-0.39, 0.29) is 0 Å². The molecule has 106 valence electrons. The highest BCUT2D eigenvalue weighted by molar-refractivity contribution is 5.22. The van der Waals surface area contributed by atoms with Crippen molar-refractivity contribution in [3.63, 3.8) is 0 Å². The lowest BCUT2D eigenvalue weighted by atomic mass is 10.0. The topological polar surface area (TPSA) is 32.8 Å². The van der Waals surface area contributed by atoms with Gasteiger partial charge in [-0.05, 0) is 18.4 Å². The van der Waals surface area contributed by atoms with Crippen LogP contribution in [0, 0.1) is 0 Å². The van der Waals surface area contributed by atoms with Crippen molar-refractivity contribution < 1.29 is 9.84 Å². The SMILES string of the molecule is OCCCCCCCCC[C@H]1O[C@H]1c1ccccc1. The monoisotopic (exact) mass is 262 g/mol. The molecule has 0 radical (unpaired) electrons. The van der Waals surface area contributed by atoms with Crippen molar-refractivity contribution in [2.45, 2.75) is 63.6 Å². The van der Waals surface area contributed by atoms with Crippen LogP contribution in [0.2, 0.25) is 0 Å². The molecule has 1 aliphatic rings. The minimum atomic E-state index is 0.347. The molecule has 1 aromatic rings. The molecule has 19 heavy (non-hydrogen) atoms. The Morgan fingerprint density at radius 3 is 2.16 bits per heavy atom. The van der Waals surface area contributed by atoms with E-state index >= 15 is 0 Å². The number of benzene rings is 1. The van der Waals surface area contributed by atoms with Gasteiger partial charge in [-0.3, -0.25) is 0 Å². The van der Waals surface area contributed by atoms with E-state index in [0.29, 0.717) is 18.8 Å². The van der Waals surface area contributed by atoms with Gasteiger partial charge in [-0.15, -0.1) is 0 Å². The van der Waals surface area contributed by atoms with E-state index in [1.54, 1.807) is 0 Å². The lowest BCUT2D eigenvalue weighted by Gasteiger charge is -2.00. The van der Waals surface area contributed by atoms with Crippen molar-refractivity contribution in [2.24, 2.45) is 0 Å². The van der Waals surface area contributed by atoms with Crippen LogP contribution < -0.4 is 0 Å². The molecule has 1 heterocycles. The number of aliphatic hydroxyl groups excluding tert-OH is 1. The van der Waals surface area contributed by atoms with Crippen LogP contribution in [0.1, 0.15) is 63.0 Å². The third-order valence-electron chi connectivity index (χ3n) is 3.86. The fourth-order valence-corrected chi connectivity index (χ4v) is 2.64. The van der Waals surface area contributed by atoms with E-state index in [4.69, 9.17) is 9.84 Å². The quantitative estimate of drug-likeness (QED) is 0.505. The lowest BCUT2D eigenvalue weighted by Crippen LogP contribution is -1.90. The molecule has 0 saturated carbocycles. The standard InChI is InChI=1S/C17H26O2/c18-14-10-5-3-1-2-4-9-13-16-17(19-16)15-11-7-6-8-12-15/h6-8,11-12,16-18H,1-5,9-10,13-14H2/t16-,17+/m1/s1. The van der Waals surface area contributed by atoms with E-state index < -0.39 is 0 Å². The second-order valence-corrected chi connectivity index (χ2v) is 5.49. The van der Waals surface area contributed by atoms with Crippen LogP contribution in [-0.2, 0) is 4.74 Å². The Bertz CT molecular complexity index is 336. The molecule has 0 unspecified atom stereocenters. The van der Waals surface area contributed by atoms with Crippen molar-refractivity contribution in [3.05, 3.63) is 35.9 Å². The molecule has 1 aromatic carbocycles. The molecule has 1 fully saturated rings. The molecular formula is C17H26O2. The number of aliphatic hydroxyl groups is 1. The number of ether oxygens (including phenoxy) is 1. The van der Waals surface area contributed by atoms with Gasteiger partial charge in [0, 0.05) is 6.61 Å². The number of epoxide rings is 1. The first-order valence-corrected chi connectivity index (χ1v) is 7.73. The smallest absolute Gasteiger partial charge is 0.109 e. The summed E-state index contributed by atoms with van der Waals surface area (Å²) in [6, 6.07) is 10.5. The Morgan fingerprint density at radius 1 is 0.842 bits per heavy atom. The zero-order valence-electron chi connectivity index (χ0n) is 11.8. The van der Waals surface area contributed by atoms with Crippen molar-refractivity contribution >= 4 is 0 Å². The predicted octanol–water partition coefficient (Wildman–Crippen LogP) is 4.24. The molecular weight excluding hydrogens is 236 g/mol. The average Bonchev–Trinajstić information content (AvgIpc) is 3.22. The van der Waals surface area contributed by atoms with Gasteiger partial charge in [-0.2, -0.15) is 0 Å². The summed E-state index contributed by atoms with van der Waals surface area (Å²) >= 11 is 0. The third kappa shape index (κ3) is 5.33. The van der Waals surface area contributed by atoms with Crippen LogP contribution in [0.15, 0.2) is 30.3 Å². The number of hydrogen-bond donors (Lipinski definition) is 1. The van der Waals surface area contributed by atoms with E-state index in [0.717, 1.165) is 6.42 Å². The molecule has 0 bridgehead atoms. The average molecular weight is 262 g/mol. The molecule has 1 aliphatic heterocycles. The summed E-state index contributed by atoms with van der Waals surface area (Å²) in [5.74, 6) is 0. The third-order valence-corrected chi connectivity index (χ3v) is 3.86. The second kappa shape index (κ2) is 8.34. The lowest BCUT2D eigenvalue weighted by molar-refractivity contribution is 0.282. The molecule has 2 rings (SSSR count). The highest BCUT2D eigenvalue weighted by Gasteiger charge is 2.38. The maximum atomic E-state index is 8.68. The Labute approximate surface area is 116 Å². The summed E-state index contributed by atoms with van der Waals surface area (Å²) in [4.78, 5) is 0. The molecule has 2 heteroatoms. The summed E-state index contributed by atoms with van der Waals surface area (Å²) in [6.07, 6.45) is 10.7. The van der Waals surface area contributed by atoms with Crippen LogP contribution in [0.3, 0.4) is 0 Å². The van der Waals surface area contributed by atoms with Gasteiger partial charge in [-0.25, -0.2) is 0 Å². The largest absolute Gasteiger partial charge is 0.396 e. The zero-order valence-corrected chi connectivity index (χ0v) is 11.8. The second-order valence-electron chi connectivity index (χ2n) is 5.49. The maximum absolute atomic E-state index is 8.68. The minimum absolute atomic E-state index is 0.347. The van der Waals surface area contributed by atoms with Crippen LogP contribution in [0.25, 0.3) is 0 Å². The Hall–Kier alpha value is -0.860. The summed E-state index contributed by atoms with van der Waals surface area (Å²) < 4.78 is 5.73. The molecule has 1 N–H and O–H groups in total. The molecule has 0 spiro atoms. The fraction of sp³-hybridized carbons (Fsp3) is 0.647. The van der Waals surface area contributed by atoms with Crippen LogP contribution in [-0.4, -0.2) is 17.8 Å².